The Morgan fingerprint density at radius 3 is 2.71 bits per heavy atom. The fourth-order valence-electron chi connectivity index (χ4n) is 6.52. The predicted octanol–water partition coefficient (Wildman–Crippen LogP) is 5.14. The maximum Gasteiger partial charge on any atom is 0.103 e. The fourth-order valence-corrected chi connectivity index (χ4v) is 6.52. The minimum atomic E-state index is -0.390. The maximum absolute atomic E-state index is 9.39. The summed E-state index contributed by atoms with van der Waals surface area (Å²) in [5.74, 6) is 1.39. The molecule has 0 saturated heterocycles. The normalized spacial score (nSPS) is 35.7. The molecule has 0 aromatic heterocycles. The highest BCUT2D eigenvalue weighted by molar-refractivity contribution is 5.38. The van der Waals surface area contributed by atoms with Crippen molar-refractivity contribution in [3.63, 3.8) is 0 Å². The number of rotatable bonds is 8. The Kier molecular flexibility index (Phi) is 8.19. The van der Waals surface area contributed by atoms with Crippen LogP contribution in [0, 0.1) is 23.2 Å². The monoisotopic (exact) mass is 424 g/mol. The van der Waals surface area contributed by atoms with Crippen molar-refractivity contribution in [1.82, 2.24) is 10.6 Å². The van der Waals surface area contributed by atoms with E-state index in [-0.39, 0.29) is 11.6 Å². The first kappa shape index (κ1) is 24.2. The van der Waals surface area contributed by atoms with Crippen molar-refractivity contribution in [3.8, 4) is 6.07 Å². The summed E-state index contributed by atoms with van der Waals surface area (Å²) in [6.45, 7) is 6.27. The van der Waals surface area contributed by atoms with E-state index in [1.54, 1.807) is 5.57 Å². The van der Waals surface area contributed by atoms with Gasteiger partial charge in [-0.15, -0.1) is 0 Å². The number of unbranched alkanes of at least 4 members (excludes halogenated alkanes) is 1. The predicted molar refractivity (Wildman–Crippen MR) is 131 cm³/mol. The maximum atomic E-state index is 9.39. The molecule has 0 radical (unpaired) electrons. The Hall–Kier alpha value is -1.41. The Morgan fingerprint density at radius 1 is 1.19 bits per heavy atom. The second-order valence-corrected chi connectivity index (χ2v) is 10.4. The van der Waals surface area contributed by atoms with Gasteiger partial charge in [-0.05, 0) is 108 Å². The Balaban J connectivity index is 1.66. The molecule has 0 aromatic carbocycles. The number of hydrogen-bond acceptors (Lipinski definition) is 4. The van der Waals surface area contributed by atoms with Crippen molar-refractivity contribution in [2.24, 2.45) is 17.6 Å². The molecule has 4 heteroatoms. The highest BCUT2D eigenvalue weighted by atomic mass is 15.0. The molecule has 0 spiro atoms. The van der Waals surface area contributed by atoms with Crippen LogP contribution in [-0.4, -0.2) is 31.2 Å². The van der Waals surface area contributed by atoms with E-state index in [0.717, 1.165) is 37.2 Å². The molecule has 5 unspecified atom stereocenters. The largest absolute Gasteiger partial charge is 0.324 e. The average molecular weight is 425 g/mol. The van der Waals surface area contributed by atoms with Crippen LogP contribution in [-0.2, 0) is 0 Å². The van der Waals surface area contributed by atoms with Gasteiger partial charge in [0.2, 0.25) is 0 Å². The van der Waals surface area contributed by atoms with E-state index in [1.165, 1.54) is 56.9 Å². The van der Waals surface area contributed by atoms with E-state index in [0.29, 0.717) is 5.92 Å². The molecule has 0 bridgehead atoms. The minimum Gasteiger partial charge on any atom is -0.324 e. The first-order valence-electron chi connectivity index (χ1n) is 12.5. The molecule has 0 aromatic rings. The topological polar surface area (TPSA) is 73.9 Å². The van der Waals surface area contributed by atoms with Gasteiger partial charge in [-0.3, -0.25) is 0 Å². The zero-order chi connectivity index (χ0) is 22.5. The fraction of sp³-hybridized carbons (Fsp3) is 0.741. The Morgan fingerprint density at radius 2 is 2.00 bits per heavy atom. The molecule has 3 aliphatic carbocycles. The third-order valence-electron chi connectivity index (χ3n) is 8.72. The van der Waals surface area contributed by atoms with Crippen molar-refractivity contribution in [2.45, 2.75) is 101 Å². The Bertz CT molecular complexity index is 745. The van der Waals surface area contributed by atoms with Gasteiger partial charge in [0.15, 0.2) is 0 Å². The SMILES string of the molecule is C=C1/C(=C\C=C2/CCCC3(NC)C(CCCCC(C)(C#N)NC)CCC23)CCCC1N. The van der Waals surface area contributed by atoms with E-state index in [2.05, 4.69) is 42.5 Å². The molecule has 4 N–H and O–H groups in total. The van der Waals surface area contributed by atoms with E-state index in [4.69, 9.17) is 5.73 Å². The molecule has 3 aliphatic rings. The van der Waals surface area contributed by atoms with Gasteiger partial charge >= 0.3 is 0 Å². The summed E-state index contributed by atoms with van der Waals surface area (Å²) >= 11 is 0. The van der Waals surface area contributed by atoms with Gasteiger partial charge in [0.05, 0.1) is 6.07 Å². The van der Waals surface area contributed by atoms with E-state index in [9.17, 15) is 5.26 Å². The zero-order valence-electron chi connectivity index (χ0n) is 20.1. The van der Waals surface area contributed by atoms with Gasteiger partial charge in [-0.25, -0.2) is 0 Å². The number of allylic oxidation sites excluding steroid dienone is 2. The van der Waals surface area contributed by atoms with Crippen LogP contribution in [0.1, 0.15) is 84.0 Å². The lowest BCUT2D eigenvalue weighted by Crippen LogP contribution is -2.53. The first-order valence-corrected chi connectivity index (χ1v) is 12.5. The van der Waals surface area contributed by atoms with Gasteiger partial charge in [0.1, 0.15) is 5.54 Å². The molecular formula is C27H44N4. The lowest BCUT2D eigenvalue weighted by atomic mass is 9.67. The highest BCUT2D eigenvalue weighted by Crippen LogP contribution is 2.53. The van der Waals surface area contributed by atoms with Crippen molar-refractivity contribution >= 4 is 0 Å². The molecule has 0 heterocycles. The molecule has 0 aliphatic heterocycles. The number of fused-ring (bicyclic) bond motifs is 1. The second kappa shape index (κ2) is 10.5. The summed E-state index contributed by atoms with van der Waals surface area (Å²) in [7, 11) is 4.07. The Labute approximate surface area is 190 Å². The molecule has 3 saturated carbocycles. The van der Waals surface area contributed by atoms with E-state index >= 15 is 0 Å². The summed E-state index contributed by atoms with van der Waals surface area (Å²) in [6.07, 6.45) is 19.1. The highest BCUT2D eigenvalue weighted by Gasteiger charge is 2.51. The summed E-state index contributed by atoms with van der Waals surface area (Å²) in [6, 6.07) is 2.56. The van der Waals surface area contributed by atoms with Crippen molar-refractivity contribution in [1.29, 1.82) is 5.26 Å². The molecule has 4 nitrogen and oxygen atoms in total. The van der Waals surface area contributed by atoms with Gasteiger partial charge < -0.3 is 16.4 Å². The van der Waals surface area contributed by atoms with E-state index < -0.39 is 5.54 Å². The lowest BCUT2D eigenvalue weighted by molar-refractivity contribution is 0.163. The molecule has 31 heavy (non-hydrogen) atoms. The van der Waals surface area contributed by atoms with Gasteiger partial charge in [-0.1, -0.05) is 37.1 Å². The van der Waals surface area contributed by atoms with Gasteiger partial charge in [0.25, 0.3) is 0 Å². The zero-order valence-corrected chi connectivity index (χ0v) is 20.1. The second-order valence-electron chi connectivity index (χ2n) is 10.4. The van der Waals surface area contributed by atoms with Crippen LogP contribution < -0.4 is 16.4 Å². The van der Waals surface area contributed by atoms with Crippen LogP contribution in [0.4, 0.5) is 0 Å². The van der Waals surface area contributed by atoms with Gasteiger partial charge in [0, 0.05) is 11.6 Å². The molecule has 3 fully saturated rings. The lowest BCUT2D eigenvalue weighted by Gasteiger charge is -2.45. The van der Waals surface area contributed by atoms with Crippen LogP contribution in [0.5, 0.6) is 0 Å². The standard InChI is InChI=1S/C27H44N4/c1-20-21(9-7-12-25(20)29)13-14-22-10-8-18-27(31-4)23(15-16-24(22)27)11-5-6-17-26(2,19-28)30-3/h13-14,23-25,30-31H,1,5-12,15-18,29H2,2-4H3/b21-13-,22-14+. The molecule has 172 valence electrons. The third kappa shape index (κ3) is 5.16. The number of nitrogens with two attached hydrogens (primary N) is 1. The smallest absolute Gasteiger partial charge is 0.103 e. The summed E-state index contributed by atoms with van der Waals surface area (Å²) in [5.41, 5.74) is 10.2. The van der Waals surface area contributed by atoms with Crippen molar-refractivity contribution in [3.05, 3.63) is 35.5 Å². The third-order valence-corrected chi connectivity index (χ3v) is 8.72. The number of nitrogens with one attached hydrogen (secondary N) is 2. The quantitative estimate of drug-likeness (QED) is 0.472. The number of hydrogen-bond donors (Lipinski definition) is 3. The van der Waals surface area contributed by atoms with Crippen molar-refractivity contribution < 1.29 is 0 Å². The summed E-state index contributed by atoms with van der Waals surface area (Å²) in [4.78, 5) is 0. The van der Waals surface area contributed by atoms with Crippen LogP contribution in [0.3, 0.4) is 0 Å². The molecular weight excluding hydrogens is 380 g/mol. The minimum absolute atomic E-state index is 0.141. The molecule has 0 amide bonds. The van der Waals surface area contributed by atoms with Crippen LogP contribution in [0.2, 0.25) is 0 Å². The summed E-state index contributed by atoms with van der Waals surface area (Å²) < 4.78 is 0. The molecule has 3 rings (SSSR count). The number of nitrogens with zero attached hydrogens (tertiary/aromatic N) is 1. The average Bonchev–Trinajstić information content (AvgIpc) is 3.17. The van der Waals surface area contributed by atoms with E-state index in [1.807, 2.05) is 14.0 Å². The number of nitriles is 1. The van der Waals surface area contributed by atoms with Crippen LogP contribution in [0.25, 0.3) is 0 Å². The first-order chi connectivity index (χ1) is 14.9. The summed E-state index contributed by atoms with van der Waals surface area (Å²) in [5, 5.41) is 16.4. The molecule has 5 atom stereocenters. The van der Waals surface area contributed by atoms with Gasteiger partial charge in [-0.2, -0.15) is 5.26 Å². The van der Waals surface area contributed by atoms with Crippen molar-refractivity contribution in [2.75, 3.05) is 14.1 Å². The van der Waals surface area contributed by atoms with Crippen LogP contribution >= 0.6 is 0 Å². The van der Waals surface area contributed by atoms with Crippen LogP contribution in [0.15, 0.2) is 35.5 Å².